The van der Waals surface area contributed by atoms with E-state index in [1.54, 1.807) is 24.0 Å². The minimum Gasteiger partial charge on any atom is -0.369 e. The molecule has 0 aliphatic carbocycles. The van der Waals surface area contributed by atoms with Gasteiger partial charge in [0.15, 0.2) is 0 Å². The Morgan fingerprint density at radius 1 is 1.26 bits per heavy atom. The molecule has 1 aromatic carbocycles. The first-order valence-corrected chi connectivity index (χ1v) is 7.61. The number of aromatic nitrogens is 1. The maximum absolute atomic E-state index is 13.6. The van der Waals surface area contributed by atoms with Crippen LogP contribution < -0.4 is 5.73 Å². The van der Waals surface area contributed by atoms with Crippen LogP contribution in [0.4, 0.5) is 4.39 Å². The number of aryl methyl sites for hydroxylation is 1. The molecule has 23 heavy (non-hydrogen) atoms. The van der Waals surface area contributed by atoms with Crippen LogP contribution in [0.15, 0.2) is 24.3 Å². The number of primary amides is 1. The standard InChI is InChI=1S/C17H18FN3O2/c1-10-8-14(13-9-12(18)2-3-15(13)20-10)17(23)21-6-4-11(5-7-21)16(19)22/h2-3,8-9,11H,4-7H2,1H3,(H2,19,22). The molecule has 1 fully saturated rings. The van der Waals surface area contributed by atoms with E-state index in [4.69, 9.17) is 5.73 Å². The lowest BCUT2D eigenvalue weighted by Gasteiger charge is -2.31. The van der Waals surface area contributed by atoms with E-state index >= 15 is 0 Å². The highest BCUT2D eigenvalue weighted by Crippen LogP contribution is 2.24. The summed E-state index contributed by atoms with van der Waals surface area (Å²) in [4.78, 5) is 30.1. The molecule has 0 saturated carbocycles. The van der Waals surface area contributed by atoms with Crippen LogP contribution >= 0.6 is 0 Å². The highest BCUT2D eigenvalue weighted by atomic mass is 19.1. The number of carbonyl (C=O) groups excluding carboxylic acids is 2. The fourth-order valence-electron chi connectivity index (χ4n) is 3.04. The van der Waals surface area contributed by atoms with Crippen LogP contribution in [0.2, 0.25) is 0 Å². The van der Waals surface area contributed by atoms with Crippen molar-refractivity contribution in [3.8, 4) is 0 Å². The molecular weight excluding hydrogens is 297 g/mol. The number of nitrogens with two attached hydrogens (primary N) is 1. The third-order valence-corrected chi connectivity index (χ3v) is 4.31. The largest absolute Gasteiger partial charge is 0.369 e. The van der Waals surface area contributed by atoms with Gasteiger partial charge in [-0.25, -0.2) is 4.39 Å². The van der Waals surface area contributed by atoms with E-state index in [-0.39, 0.29) is 17.7 Å². The van der Waals surface area contributed by atoms with E-state index in [1.165, 1.54) is 12.1 Å². The highest BCUT2D eigenvalue weighted by Gasteiger charge is 2.27. The van der Waals surface area contributed by atoms with Gasteiger partial charge in [0.25, 0.3) is 5.91 Å². The van der Waals surface area contributed by atoms with Crippen LogP contribution in [0.3, 0.4) is 0 Å². The Bertz CT molecular complexity index is 783. The Morgan fingerprint density at radius 2 is 1.96 bits per heavy atom. The Kier molecular flexibility index (Phi) is 3.98. The number of pyridine rings is 1. The van der Waals surface area contributed by atoms with Gasteiger partial charge in [-0.3, -0.25) is 14.6 Å². The summed E-state index contributed by atoms with van der Waals surface area (Å²) in [5, 5.41) is 0.512. The molecule has 6 heteroatoms. The van der Waals surface area contributed by atoms with Gasteiger partial charge >= 0.3 is 0 Å². The SMILES string of the molecule is Cc1cc(C(=O)N2CCC(C(N)=O)CC2)c2cc(F)ccc2n1. The fourth-order valence-corrected chi connectivity index (χ4v) is 3.04. The molecular formula is C17H18FN3O2. The Labute approximate surface area is 133 Å². The first kappa shape index (κ1) is 15.4. The van der Waals surface area contributed by atoms with Crippen LogP contribution in [0, 0.1) is 18.7 Å². The molecule has 3 rings (SSSR count). The van der Waals surface area contributed by atoms with Gasteiger partial charge < -0.3 is 10.6 Å². The Balaban J connectivity index is 1.92. The van der Waals surface area contributed by atoms with Crippen molar-refractivity contribution in [3.05, 3.63) is 41.3 Å². The maximum Gasteiger partial charge on any atom is 0.254 e. The second-order valence-corrected chi connectivity index (χ2v) is 5.94. The minimum absolute atomic E-state index is 0.158. The lowest BCUT2D eigenvalue weighted by atomic mass is 9.95. The molecule has 0 spiro atoms. The van der Waals surface area contributed by atoms with Crippen molar-refractivity contribution in [1.29, 1.82) is 0 Å². The smallest absolute Gasteiger partial charge is 0.254 e. The zero-order valence-electron chi connectivity index (χ0n) is 12.9. The van der Waals surface area contributed by atoms with Gasteiger partial charge in [0, 0.05) is 30.1 Å². The third-order valence-electron chi connectivity index (χ3n) is 4.31. The van der Waals surface area contributed by atoms with Crippen LogP contribution in [-0.4, -0.2) is 34.8 Å². The monoisotopic (exact) mass is 315 g/mol. The van der Waals surface area contributed by atoms with E-state index < -0.39 is 5.82 Å². The van der Waals surface area contributed by atoms with Gasteiger partial charge in [0.05, 0.1) is 11.1 Å². The van der Waals surface area contributed by atoms with E-state index in [0.29, 0.717) is 48.1 Å². The molecule has 0 atom stereocenters. The third kappa shape index (κ3) is 3.02. The number of rotatable bonds is 2. The predicted molar refractivity (Wildman–Crippen MR) is 84.3 cm³/mol. The van der Waals surface area contributed by atoms with E-state index in [9.17, 15) is 14.0 Å². The van der Waals surface area contributed by atoms with E-state index in [0.717, 1.165) is 0 Å². The number of carbonyl (C=O) groups is 2. The molecule has 0 radical (unpaired) electrons. The number of nitrogens with zero attached hydrogens (tertiary/aromatic N) is 2. The number of benzene rings is 1. The second kappa shape index (κ2) is 5.95. The molecule has 1 aliphatic heterocycles. The summed E-state index contributed by atoms with van der Waals surface area (Å²) in [6.45, 7) is 2.76. The lowest BCUT2D eigenvalue weighted by Crippen LogP contribution is -2.41. The van der Waals surface area contributed by atoms with Crippen molar-refractivity contribution < 1.29 is 14.0 Å². The van der Waals surface area contributed by atoms with Gasteiger partial charge in [-0.1, -0.05) is 0 Å². The fraction of sp³-hybridized carbons (Fsp3) is 0.353. The van der Waals surface area contributed by atoms with Crippen molar-refractivity contribution in [2.75, 3.05) is 13.1 Å². The van der Waals surface area contributed by atoms with Gasteiger partial charge in [0.2, 0.25) is 5.91 Å². The molecule has 0 bridgehead atoms. The summed E-state index contributed by atoms with van der Waals surface area (Å²) in [5.41, 5.74) is 7.07. The highest BCUT2D eigenvalue weighted by molar-refractivity contribution is 6.06. The van der Waals surface area contributed by atoms with E-state index in [1.807, 2.05) is 0 Å². The average Bonchev–Trinajstić information content (AvgIpc) is 2.54. The average molecular weight is 315 g/mol. The van der Waals surface area contributed by atoms with Crippen molar-refractivity contribution in [1.82, 2.24) is 9.88 Å². The van der Waals surface area contributed by atoms with E-state index in [2.05, 4.69) is 4.98 Å². The number of hydrogen-bond acceptors (Lipinski definition) is 3. The second-order valence-electron chi connectivity index (χ2n) is 5.94. The number of piperidine rings is 1. The van der Waals surface area contributed by atoms with Gasteiger partial charge in [-0.2, -0.15) is 0 Å². The molecule has 5 nitrogen and oxygen atoms in total. The number of halogens is 1. The van der Waals surface area contributed by atoms with Crippen molar-refractivity contribution in [3.63, 3.8) is 0 Å². The molecule has 0 unspecified atom stereocenters. The zero-order chi connectivity index (χ0) is 16.6. The lowest BCUT2D eigenvalue weighted by molar-refractivity contribution is -0.123. The summed E-state index contributed by atoms with van der Waals surface area (Å²) in [6, 6.07) is 5.94. The van der Waals surface area contributed by atoms with Crippen molar-refractivity contribution in [2.24, 2.45) is 11.7 Å². The molecule has 1 aromatic heterocycles. The zero-order valence-corrected chi connectivity index (χ0v) is 12.9. The summed E-state index contributed by atoms with van der Waals surface area (Å²) in [7, 11) is 0. The molecule has 1 aliphatic rings. The van der Waals surface area contributed by atoms with Crippen LogP contribution in [-0.2, 0) is 4.79 Å². The van der Waals surface area contributed by atoms with Gasteiger partial charge in [-0.15, -0.1) is 0 Å². The van der Waals surface area contributed by atoms with Gasteiger partial charge in [0.1, 0.15) is 5.82 Å². The molecule has 120 valence electrons. The van der Waals surface area contributed by atoms with Crippen LogP contribution in [0.25, 0.3) is 10.9 Å². The van der Waals surface area contributed by atoms with Gasteiger partial charge in [-0.05, 0) is 44.0 Å². The van der Waals surface area contributed by atoms with Crippen LogP contribution in [0.5, 0.6) is 0 Å². The molecule has 1 saturated heterocycles. The van der Waals surface area contributed by atoms with Crippen LogP contribution in [0.1, 0.15) is 28.9 Å². The summed E-state index contributed by atoms with van der Waals surface area (Å²) >= 11 is 0. The quantitative estimate of drug-likeness (QED) is 0.921. The van der Waals surface area contributed by atoms with Crippen molar-refractivity contribution >= 4 is 22.7 Å². The normalized spacial score (nSPS) is 15.8. The summed E-state index contributed by atoms with van der Waals surface area (Å²) < 4.78 is 13.6. The summed E-state index contributed by atoms with van der Waals surface area (Å²) in [6.07, 6.45) is 1.13. The molecule has 2 aromatic rings. The Hall–Kier alpha value is -2.50. The first-order chi connectivity index (χ1) is 11.0. The maximum atomic E-state index is 13.6. The molecule has 2 heterocycles. The molecule has 2 N–H and O–H groups in total. The first-order valence-electron chi connectivity index (χ1n) is 7.61. The summed E-state index contributed by atoms with van der Waals surface area (Å²) in [5.74, 6) is -1.05. The minimum atomic E-state index is -0.398. The Morgan fingerprint density at radius 3 is 2.61 bits per heavy atom. The van der Waals surface area contributed by atoms with Crippen molar-refractivity contribution in [2.45, 2.75) is 19.8 Å². The predicted octanol–water partition coefficient (Wildman–Crippen LogP) is 2.02. The molecule has 2 amide bonds. The number of hydrogen-bond donors (Lipinski definition) is 1. The number of fused-ring (bicyclic) bond motifs is 1. The number of amides is 2. The number of likely N-dealkylation sites (tertiary alicyclic amines) is 1. The topological polar surface area (TPSA) is 76.3 Å².